The van der Waals surface area contributed by atoms with Crippen molar-refractivity contribution in [3.63, 3.8) is 0 Å². The average molecular weight is 288 g/mol. The number of nitrogens with one attached hydrogen (secondary N) is 1. The van der Waals surface area contributed by atoms with Gasteiger partial charge in [0, 0.05) is 22.6 Å². The molecular weight excluding hydrogens is 269 g/mol. The molecule has 1 saturated carbocycles. The molecule has 0 aromatic heterocycles. The third-order valence-corrected chi connectivity index (χ3v) is 4.05. The lowest BCUT2D eigenvalue weighted by Gasteiger charge is -2.21. The van der Waals surface area contributed by atoms with Crippen LogP contribution < -0.4 is 5.32 Å². The van der Waals surface area contributed by atoms with E-state index >= 15 is 0 Å². The summed E-state index contributed by atoms with van der Waals surface area (Å²) >= 11 is 12.1. The highest BCUT2D eigenvalue weighted by molar-refractivity contribution is 6.35. The Kier molecular flexibility index (Phi) is 4.91. The van der Waals surface area contributed by atoms with Gasteiger partial charge in [-0.25, -0.2) is 0 Å². The molecule has 0 spiro atoms. The minimum Gasteiger partial charge on any atom is -0.392 e. The number of aliphatic hydroxyl groups excluding tert-OH is 1. The van der Waals surface area contributed by atoms with Gasteiger partial charge in [-0.15, -0.1) is 0 Å². The van der Waals surface area contributed by atoms with Crippen molar-refractivity contribution in [2.24, 2.45) is 5.92 Å². The molecule has 0 bridgehead atoms. The first-order chi connectivity index (χ1) is 8.61. The molecule has 1 fully saturated rings. The molecule has 0 aliphatic heterocycles. The summed E-state index contributed by atoms with van der Waals surface area (Å²) in [6.07, 6.45) is 3.01. The molecule has 18 heavy (non-hydrogen) atoms. The molecule has 1 aliphatic carbocycles. The molecule has 0 heterocycles. The fraction of sp³-hybridized carbons (Fsp3) is 0.571. The van der Waals surface area contributed by atoms with E-state index in [2.05, 4.69) is 12.2 Å². The molecule has 2 rings (SSSR count). The van der Waals surface area contributed by atoms with Crippen LogP contribution in [0.3, 0.4) is 0 Å². The Morgan fingerprint density at radius 1 is 1.39 bits per heavy atom. The van der Waals surface area contributed by atoms with Gasteiger partial charge < -0.3 is 10.4 Å². The van der Waals surface area contributed by atoms with Gasteiger partial charge in [0.25, 0.3) is 0 Å². The zero-order valence-electron chi connectivity index (χ0n) is 10.5. The predicted molar refractivity (Wildman–Crippen MR) is 76.2 cm³/mol. The summed E-state index contributed by atoms with van der Waals surface area (Å²) in [5.74, 6) is 0.496. The summed E-state index contributed by atoms with van der Waals surface area (Å²) in [7, 11) is 0. The molecule has 0 saturated heterocycles. The summed E-state index contributed by atoms with van der Waals surface area (Å²) in [5, 5.41) is 14.6. The van der Waals surface area contributed by atoms with E-state index in [1.807, 2.05) is 12.1 Å². The van der Waals surface area contributed by atoms with Gasteiger partial charge in [-0.3, -0.25) is 0 Å². The monoisotopic (exact) mass is 287 g/mol. The summed E-state index contributed by atoms with van der Waals surface area (Å²) in [5.41, 5.74) is 1.05. The predicted octanol–water partition coefficient (Wildman–Crippen LogP) is 3.81. The molecule has 0 amide bonds. The second kappa shape index (κ2) is 6.25. The number of halogens is 2. The van der Waals surface area contributed by atoms with Gasteiger partial charge in [0.05, 0.1) is 6.10 Å². The largest absolute Gasteiger partial charge is 0.392 e. The molecule has 4 heteroatoms. The normalized spacial score (nSPS) is 18.7. The Hall–Kier alpha value is -0.280. The lowest BCUT2D eigenvalue weighted by Crippen LogP contribution is -2.31. The zero-order chi connectivity index (χ0) is 13.1. The van der Waals surface area contributed by atoms with E-state index in [0.29, 0.717) is 22.5 Å². The molecule has 2 N–H and O–H groups in total. The van der Waals surface area contributed by atoms with E-state index in [9.17, 15) is 5.11 Å². The number of benzene rings is 1. The maximum absolute atomic E-state index is 9.88. The van der Waals surface area contributed by atoms with E-state index in [4.69, 9.17) is 23.2 Å². The number of hydrogen-bond acceptors (Lipinski definition) is 2. The van der Waals surface area contributed by atoms with Crippen LogP contribution in [0.25, 0.3) is 0 Å². The van der Waals surface area contributed by atoms with Gasteiger partial charge in [0.1, 0.15) is 0 Å². The van der Waals surface area contributed by atoms with Crippen molar-refractivity contribution in [3.8, 4) is 0 Å². The SMILES string of the molecule is CCC(NCC(O)C1CC1)c1ccc(Cl)cc1Cl. The summed E-state index contributed by atoms with van der Waals surface area (Å²) in [6, 6.07) is 5.74. The fourth-order valence-corrected chi connectivity index (χ4v) is 2.71. The smallest absolute Gasteiger partial charge is 0.0692 e. The fourth-order valence-electron chi connectivity index (χ4n) is 2.17. The van der Waals surface area contributed by atoms with Gasteiger partial charge in [-0.1, -0.05) is 36.2 Å². The molecule has 1 aromatic carbocycles. The molecular formula is C14H19Cl2NO. The maximum atomic E-state index is 9.88. The van der Waals surface area contributed by atoms with Crippen LogP contribution in [0.2, 0.25) is 10.0 Å². The third-order valence-electron chi connectivity index (χ3n) is 3.49. The first-order valence-corrected chi connectivity index (χ1v) is 7.23. The van der Waals surface area contributed by atoms with Crippen molar-refractivity contribution in [2.75, 3.05) is 6.54 Å². The molecule has 2 nitrogen and oxygen atoms in total. The van der Waals surface area contributed by atoms with E-state index in [1.165, 1.54) is 0 Å². The summed E-state index contributed by atoms with van der Waals surface area (Å²) in [6.45, 7) is 2.73. The third kappa shape index (κ3) is 3.61. The molecule has 1 aliphatic rings. The van der Waals surface area contributed by atoms with Crippen LogP contribution in [0, 0.1) is 5.92 Å². The minimum absolute atomic E-state index is 0.170. The Labute approximate surface area is 118 Å². The van der Waals surface area contributed by atoms with Crippen molar-refractivity contribution >= 4 is 23.2 Å². The second-order valence-electron chi connectivity index (χ2n) is 4.94. The highest BCUT2D eigenvalue weighted by atomic mass is 35.5. The lowest BCUT2D eigenvalue weighted by atomic mass is 10.0. The minimum atomic E-state index is -0.231. The average Bonchev–Trinajstić information content (AvgIpc) is 3.15. The van der Waals surface area contributed by atoms with Crippen LogP contribution in [0.15, 0.2) is 18.2 Å². The molecule has 0 radical (unpaired) electrons. The number of rotatable bonds is 6. The van der Waals surface area contributed by atoms with Gasteiger partial charge in [0.2, 0.25) is 0 Å². The zero-order valence-corrected chi connectivity index (χ0v) is 12.0. The molecule has 1 aromatic rings. The number of hydrogen-bond donors (Lipinski definition) is 2. The van der Waals surface area contributed by atoms with Gasteiger partial charge in [-0.2, -0.15) is 0 Å². The Morgan fingerprint density at radius 3 is 2.67 bits per heavy atom. The Morgan fingerprint density at radius 2 is 2.11 bits per heavy atom. The van der Waals surface area contributed by atoms with Crippen LogP contribution in [-0.2, 0) is 0 Å². The highest BCUT2D eigenvalue weighted by Gasteiger charge is 2.29. The Balaban J connectivity index is 1.98. The van der Waals surface area contributed by atoms with E-state index in [0.717, 1.165) is 24.8 Å². The van der Waals surface area contributed by atoms with Crippen molar-refractivity contribution in [2.45, 2.75) is 38.3 Å². The number of aliphatic hydroxyl groups is 1. The van der Waals surface area contributed by atoms with Crippen molar-refractivity contribution < 1.29 is 5.11 Å². The van der Waals surface area contributed by atoms with Crippen LogP contribution in [0.4, 0.5) is 0 Å². The van der Waals surface area contributed by atoms with Gasteiger partial charge >= 0.3 is 0 Å². The topological polar surface area (TPSA) is 32.3 Å². The summed E-state index contributed by atoms with van der Waals surface area (Å²) in [4.78, 5) is 0. The van der Waals surface area contributed by atoms with Gasteiger partial charge in [-0.05, 0) is 42.9 Å². The molecule has 2 atom stereocenters. The van der Waals surface area contributed by atoms with Crippen LogP contribution in [0.1, 0.15) is 37.8 Å². The summed E-state index contributed by atoms with van der Waals surface area (Å²) < 4.78 is 0. The van der Waals surface area contributed by atoms with E-state index < -0.39 is 0 Å². The molecule has 2 unspecified atom stereocenters. The maximum Gasteiger partial charge on any atom is 0.0692 e. The quantitative estimate of drug-likeness (QED) is 0.834. The van der Waals surface area contributed by atoms with Crippen molar-refractivity contribution in [3.05, 3.63) is 33.8 Å². The van der Waals surface area contributed by atoms with Crippen LogP contribution in [-0.4, -0.2) is 17.8 Å². The Bertz CT molecular complexity index is 407. The molecule has 100 valence electrons. The first kappa shape index (κ1) is 14.1. The van der Waals surface area contributed by atoms with Gasteiger partial charge in [0.15, 0.2) is 0 Å². The van der Waals surface area contributed by atoms with E-state index in [1.54, 1.807) is 6.07 Å². The first-order valence-electron chi connectivity index (χ1n) is 6.48. The van der Waals surface area contributed by atoms with Crippen LogP contribution in [0.5, 0.6) is 0 Å². The van der Waals surface area contributed by atoms with Crippen molar-refractivity contribution in [1.82, 2.24) is 5.32 Å². The van der Waals surface area contributed by atoms with E-state index in [-0.39, 0.29) is 12.1 Å². The van der Waals surface area contributed by atoms with Crippen molar-refractivity contribution in [1.29, 1.82) is 0 Å². The van der Waals surface area contributed by atoms with Crippen LogP contribution >= 0.6 is 23.2 Å². The highest BCUT2D eigenvalue weighted by Crippen LogP contribution is 2.33. The second-order valence-corrected chi connectivity index (χ2v) is 5.78. The standard InChI is InChI=1S/C14H19Cl2NO/c1-2-13(17-8-14(18)9-3-4-9)11-6-5-10(15)7-12(11)16/h5-7,9,13-14,17-18H,2-4,8H2,1H3. The lowest BCUT2D eigenvalue weighted by molar-refractivity contribution is 0.144.